The van der Waals surface area contributed by atoms with Crippen LogP contribution in [0.15, 0.2) is 22.7 Å². The summed E-state index contributed by atoms with van der Waals surface area (Å²) < 4.78 is 6.20. The minimum atomic E-state index is -0.0272. The van der Waals surface area contributed by atoms with Crippen LogP contribution in [-0.4, -0.2) is 18.9 Å². The van der Waals surface area contributed by atoms with Crippen LogP contribution in [0.25, 0.3) is 0 Å². The molecule has 1 atom stereocenters. The van der Waals surface area contributed by atoms with Gasteiger partial charge in [0.2, 0.25) is 0 Å². The number of methoxy groups -OCH3 is 1. The van der Waals surface area contributed by atoms with E-state index in [9.17, 15) is 4.79 Å². The lowest BCUT2D eigenvalue weighted by atomic mass is 10.0. The third kappa shape index (κ3) is 4.78. The van der Waals surface area contributed by atoms with Crippen molar-refractivity contribution in [3.8, 4) is 5.75 Å². The molecule has 1 unspecified atom stereocenters. The molecule has 100 valence electrons. The van der Waals surface area contributed by atoms with Crippen molar-refractivity contribution in [3.05, 3.63) is 28.2 Å². The zero-order valence-corrected chi connectivity index (χ0v) is 12.5. The molecule has 0 amide bonds. The van der Waals surface area contributed by atoms with E-state index < -0.39 is 0 Å². The molecule has 2 N–H and O–H groups in total. The minimum absolute atomic E-state index is 0.0272. The molecule has 1 rings (SSSR count). The molecule has 0 aliphatic rings. The SMILES string of the molecule is CCCC(N)CC(=O)Cc1cc(Br)ccc1OC. The predicted molar refractivity (Wildman–Crippen MR) is 76.9 cm³/mol. The van der Waals surface area contributed by atoms with Crippen molar-refractivity contribution in [1.82, 2.24) is 0 Å². The van der Waals surface area contributed by atoms with Gasteiger partial charge < -0.3 is 10.5 Å². The molecule has 0 fully saturated rings. The van der Waals surface area contributed by atoms with E-state index in [1.807, 2.05) is 18.2 Å². The normalized spacial score (nSPS) is 12.2. The quantitative estimate of drug-likeness (QED) is 0.841. The number of halogens is 1. The van der Waals surface area contributed by atoms with Gasteiger partial charge in [-0.3, -0.25) is 4.79 Å². The van der Waals surface area contributed by atoms with E-state index in [1.54, 1.807) is 7.11 Å². The second kappa shape index (κ2) is 7.54. The van der Waals surface area contributed by atoms with Crippen LogP contribution in [-0.2, 0) is 11.2 Å². The monoisotopic (exact) mass is 313 g/mol. The summed E-state index contributed by atoms with van der Waals surface area (Å²) in [5.74, 6) is 0.906. The Labute approximate surface area is 117 Å². The number of benzene rings is 1. The lowest BCUT2D eigenvalue weighted by molar-refractivity contribution is -0.118. The Morgan fingerprint density at radius 3 is 2.83 bits per heavy atom. The highest BCUT2D eigenvalue weighted by molar-refractivity contribution is 9.10. The van der Waals surface area contributed by atoms with Gasteiger partial charge >= 0.3 is 0 Å². The largest absolute Gasteiger partial charge is 0.496 e. The van der Waals surface area contributed by atoms with E-state index >= 15 is 0 Å². The van der Waals surface area contributed by atoms with Gasteiger partial charge in [-0.25, -0.2) is 0 Å². The summed E-state index contributed by atoms with van der Waals surface area (Å²) in [4.78, 5) is 11.9. The topological polar surface area (TPSA) is 52.3 Å². The van der Waals surface area contributed by atoms with Crippen molar-refractivity contribution in [1.29, 1.82) is 0 Å². The molecule has 0 spiro atoms. The van der Waals surface area contributed by atoms with E-state index in [0.717, 1.165) is 28.6 Å². The van der Waals surface area contributed by atoms with Crippen LogP contribution in [0.2, 0.25) is 0 Å². The first-order valence-electron chi connectivity index (χ1n) is 6.16. The Hall–Kier alpha value is -0.870. The Bertz CT molecular complexity index is 407. The Balaban J connectivity index is 2.66. The average molecular weight is 314 g/mol. The predicted octanol–water partition coefficient (Wildman–Crippen LogP) is 3.09. The zero-order valence-electron chi connectivity index (χ0n) is 10.9. The molecule has 0 saturated heterocycles. The van der Waals surface area contributed by atoms with Gasteiger partial charge in [-0.05, 0) is 24.6 Å². The molecular formula is C14H20BrNO2. The molecule has 0 saturated carbocycles. The fraction of sp³-hybridized carbons (Fsp3) is 0.500. The van der Waals surface area contributed by atoms with Gasteiger partial charge in [-0.15, -0.1) is 0 Å². The van der Waals surface area contributed by atoms with Gasteiger partial charge in [0.05, 0.1) is 7.11 Å². The molecule has 4 heteroatoms. The van der Waals surface area contributed by atoms with E-state index in [4.69, 9.17) is 10.5 Å². The third-order valence-corrected chi connectivity index (χ3v) is 3.27. The van der Waals surface area contributed by atoms with Gasteiger partial charge in [-0.1, -0.05) is 29.3 Å². The molecule has 0 aliphatic carbocycles. The number of hydrogen-bond acceptors (Lipinski definition) is 3. The molecule has 0 bridgehead atoms. The van der Waals surface area contributed by atoms with Crippen molar-refractivity contribution in [2.45, 2.75) is 38.6 Å². The van der Waals surface area contributed by atoms with Gasteiger partial charge in [-0.2, -0.15) is 0 Å². The maximum atomic E-state index is 11.9. The maximum absolute atomic E-state index is 11.9. The molecule has 3 nitrogen and oxygen atoms in total. The number of nitrogens with two attached hydrogens (primary N) is 1. The van der Waals surface area contributed by atoms with Crippen LogP contribution >= 0.6 is 15.9 Å². The lowest BCUT2D eigenvalue weighted by Crippen LogP contribution is -2.24. The van der Waals surface area contributed by atoms with E-state index in [2.05, 4.69) is 22.9 Å². The van der Waals surface area contributed by atoms with Crippen LogP contribution in [0.4, 0.5) is 0 Å². The summed E-state index contributed by atoms with van der Waals surface area (Å²) in [7, 11) is 1.61. The summed E-state index contributed by atoms with van der Waals surface area (Å²) in [6.07, 6.45) is 2.71. The van der Waals surface area contributed by atoms with Gasteiger partial charge in [0.15, 0.2) is 0 Å². The molecule has 1 aromatic carbocycles. The van der Waals surface area contributed by atoms with Crippen LogP contribution in [0, 0.1) is 0 Å². The van der Waals surface area contributed by atoms with E-state index in [-0.39, 0.29) is 11.8 Å². The van der Waals surface area contributed by atoms with E-state index in [1.165, 1.54) is 0 Å². The summed E-state index contributed by atoms with van der Waals surface area (Å²) in [5.41, 5.74) is 6.78. The highest BCUT2D eigenvalue weighted by atomic mass is 79.9. The number of carbonyl (C=O) groups excluding carboxylic acids is 1. The minimum Gasteiger partial charge on any atom is -0.496 e. The third-order valence-electron chi connectivity index (χ3n) is 2.78. The van der Waals surface area contributed by atoms with Crippen molar-refractivity contribution in [2.24, 2.45) is 5.73 Å². The standard InChI is InChI=1S/C14H20BrNO2/c1-3-4-12(16)9-13(17)8-10-7-11(15)5-6-14(10)18-2/h5-7,12H,3-4,8-9,16H2,1-2H3. The summed E-state index contributed by atoms with van der Waals surface area (Å²) in [6, 6.07) is 5.65. The Morgan fingerprint density at radius 1 is 1.50 bits per heavy atom. The van der Waals surface area contributed by atoms with Gasteiger partial charge in [0.25, 0.3) is 0 Å². The van der Waals surface area contributed by atoms with E-state index in [0.29, 0.717) is 12.8 Å². The van der Waals surface area contributed by atoms with Gasteiger partial charge in [0.1, 0.15) is 11.5 Å². The van der Waals surface area contributed by atoms with Crippen molar-refractivity contribution >= 4 is 21.7 Å². The molecule has 0 radical (unpaired) electrons. The highest BCUT2D eigenvalue weighted by Gasteiger charge is 2.12. The van der Waals surface area contributed by atoms with Crippen molar-refractivity contribution in [2.75, 3.05) is 7.11 Å². The lowest BCUT2D eigenvalue weighted by Gasteiger charge is -2.11. The second-order valence-electron chi connectivity index (χ2n) is 4.42. The number of ketones is 1. The highest BCUT2D eigenvalue weighted by Crippen LogP contribution is 2.24. The smallest absolute Gasteiger partial charge is 0.138 e. The fourth-order valence-electron chi connectivity index (χ4n) is 1.94. The Morgan fingerprint density at radius 2 is 2.22 bits per heavy atom. The molecule has 18 heavy (non-hydrogen) atoms. The number of ether oxygens (including phenoxy) is 1. The summed E-state index contributed by atoms with van der Waals surface area (Å²) in [5, 5.41) is 0. The van der Waals surface area contributed by atoms with Crippen LogP contribution in [0.5, 0.6) is 5.75 Å². The van der Waals surface area contributed by atoms with Crippen molar-refractivity contribution < 1.29 is 9.53 Å². The number of rotatable bonds is 7. The van der Waals surface area contributed by atoms with Crippen LogP contribution in [0.1, 0.15) is 31.7 Å². The Kier molecular flexibility index (Phi) is 6.36. The second-order valence-corrected chi connectivity index (χ2v) is 5.34. The fourth-order valence-corrected chi connectivity index (χ4v) is 2.34. The first-order valence-corrected chi connectivity index (χ1v) is 6.95. The maximum Gasteiger partial charge on any atom is 0.138 e. The number of hydrogen-bond donors (Lipinski definition) is 1. The molecular weight excluding hydrogens is 294 g/mol. The first-order chi connectivity index (χ1) is 8.56. The molecule has 0 heterocycles. The van der Waals surface area contributed by atoms with Crippen molar-refractivity contribution in [3.63, 3.8) is 0 Å². The molecule has 0 aliphatic heterocycles. The van der Waals surface area contributed by atoms with Gasteiger partial charge in [0, 0.05) is 28.9 Å². The van der Waals surface area contributed by atoms with Crippen LogP contribution in [0.3, 0.4) is 0 Å². The van der Waals surface area contributed by atoms with Crippen LogP contribution < -0.4 is 10.5 Å². The first kappa shape index (κ1) is 15.2. The number of Topliss-reactive ketones (excluding diaryl/α,β-unsaturated/α-hetero) is 1. The average Bonchev–Trinajstić information content (AvgIpc) is 2.29. The zero-order chi connectivity index (χ0) is 13.5. The summed E-state index contributed by atoms with van der Waals surface area (Å²) in [6.45, 7) is 2.07. The molecule has 1 aromatic rings. The molecule has 0 aromatic heterocycles. The number of carbonyl (C=O) groups is 1. The summed E-state index contributed by atoms with van der Waals surface area (Å²) >= 11 is 3.40.